The number of benzene rings is 2. The molecule has 3 rings (SSSR count). The summed E-state index contributed by atoms with van der Waals surface area (Å²) in [7, 11) is 0. The minimum atomic E-state index is 0.700. The van der Waals surface area contributed by atoms with Crippen LogP contribution in [0.15, 0.2) is 48.7 Å². The molecule has 0 aliphatic rings. The number of aromatic nitrogens is 1. The first-order valence-corrected chi connectivity index (χ1v) is 6.28. The minimum Gasteiger partial charge on any atom is -0.316 e. The molecule has 19 heavy (non-hydrogen) atoms. The van der Waals surface area contributed by atoms with Crippen LogP contribution in [0, 0.1) is 25.2 Å². The molecule has 0 bridgehead atoms. The van der Waals surface area contributed by atoms with E-state index in [1.165, 1.54) is 16.8 Å². The molecule has 2 nitrogen and oxygen atoms in total. The Hall–Kier alpha value is -2.53. The topological polar surface area (TPSA) is 28.7 Å². The molecule has 3 aromatic rings. The maximum Gasteiger partial charge on any atom is 0.0991 e. The van der Waals surface area contributed by atoms with Gasteiger partial charge in [-0.05, 0) is 55.3 Å². The lowest BCUT2D eigenvalue weighted by Gasteiger charge is -2.11. The lowest BCUT2D eigenvalue weighted by atomic mass is 10.1. The van der Waals surface area contributed by atoms with Crippen LogP contribution >= 0.6 is 0 Å². The van der Waals surface area contributed by atoms with Crippen molar-refractivity contribution in [2.75, 3.05) is 0 Å². The van der Waals surface area contributed by atoms with E-state index in [0.717, 1.165) is 10.9 Å². The maximum atomic E-state index is 8.94. The van der Waals surface area contributed by atoms with Crippen LogP contribution in [-0.4, -0.2) is 4.57 Å². The van der Waals surface area contributed by atoms with E-state index in [4.69, 9.17) is 5.26 Å². The number of nitriles is 1. The smallest absolute Gasteiger partial charge is 0.0991 e. The molecule has 0 atom stereocenters. The van der Waals surface area contributed by atoms with Crippen LogP contribution < -0.4 is 0 Å². The minimum absolute atomic E-state index is 0.700. The third kappa shape index (κ3) is 1.80. The first-order valence-electron chi connectivity index (χ1n) is 6.28. The van der Waals surface area contributed by atoms with E-state index < -0.39 is 0 Å². The van der Waals surface area contributed by atoms with Crippen molar-refractivity contribution in [3.8, 4) is 11.8 Å². The van der Waals surface area contributed by atoms with Crippen LogP contribution in [0.3, 0.4) is 0 Å². The third-order valence-corrected chi connectivity index (χ3v) is 3.65. The van der Waals surface area contributed by atoms with Gasteiger partial charge in [-0.2, -0.15) is 5.26 Å². The monoisotopic (exact) mass is 246 g/mol. The summed E-state index contributed by atoms with van der Waals surface area (Å²) in [5.41, 5.74) is 5.59. The first kappa shape index (κ1) is 11.6. The second-order valence-electron chi connectivity index (χ2n) is 4.79. The second-order valence-corrected chi connectivity index (χ2v) is 4.79. The Balaban J connectivity index is 2.27. The number of hydrogen-bond acceptors (Lipinski definition) is 1. The molecule has 1 heterocycles. The fourth-order valence-corrected chi connectivity index (χ4v) is 2.42. The van der Waals surface area contributed by atoms with Crippen LogP contribution in [0.25, 0.3) is 16.6 Å². The largest absolute Gasteiger partial charge is 0.316 e. The van der Waals surface area contributed by atoms with Gasteiger partial charge in [-0.3, -0.25) is 0 Å². The van der Waals surface area contributed by atoms with E-state index >= 15 is 0 Å². The van der Waals surface area contributed by atoms with E-state index in [0.29, 0.717) is 5.56 Å². The standard InChI is InChI=1S/C17H14N2/c1-12-4-3-5-16(13(12)2)19-9-8-15-10-14(11-18)6-7-17(15)19/h3-10H,1-2H3. The van der Waals surface area contributed by atoms with E-state index in [1.54, 1.807) is 0 Å². The molecule has 1 aromatic heterocycles. The molecule has 0 amide bonds. The number of rotatable bonds is 1. The quantitative estimate of drug-likeness (QED) is 0.635. The maximum absolute atomic E-state index is 8.94. The lowest BCUT2D eigenvalue weighted by molar-refractivity contribution is 1.09. The van der Waals surface area contributed by atoms with Crippen molar-refractivity contribution < 1.29 is 0 Å². The van der Waals surface area contributed by atoms with Gasteiger partial charge in [-0.15, -0.1) is 0 Å². The van der Waals surface area contributed by atoms with Crippen molar-refractivity contribution >= 4 is 10.9 Å². The Bertz CT molecular complexity index is 804. The number of nitrogens with zero attached hydrogens (tertiary/aromatic N) is 2. The molecule has 0 unspecified atom stereocenters. The van der Waals surface area contributed by atoms with Crippen molar-refractivity contribution in [3.63, 3.8) is 0 Å². The highest BCUT2D eigenvalue weighted by Gasteiger charge is 2.07. The molecule has 2 heteroatoms. The fourth-order valence-electron chi connectivity index (χ4n) is 2.42. The normalized spacial score (nSPS) is 10.6. The predicted molar refractivity (Wildman–Crippen MR) is 77.5 cm³/mol. The number of fused-ring (bicyclic) bond motifs is 1. The van der Waals surface area contributed by atoms with Gasteiger partial charge in [0, 0.05) is 17.3 Å². The van der Waals surface area contributed by atoms with Crippen LogP contribution in [0.5, 0.6) is 0 Å². The van der Waals surface area contributed by atoms with Crippen LogP contribution in [0.2, 0.25) is 0 Å². The molecule has 0 saturated heterocycles. The summed E-state index contributed by atoms with van der Waals surface area (Å²) in [5, 5.41) is 10.0. The van der Waals surface area contributed by atoms with E-state index in [1.807, 2.05) is 18.2 Å². The van der Waals surface area contributed by atoms with Gasteiger partial charge < -0.3 is 4.57 Å². The Morgan fingerprint density at radius 3 is 2.68 bits per heavy atom. The Labute approximate surface area is 112 Å². The SMILES string of the molecule is Cc1cccc(-n2ccc3cc(C#N)ccc32)c1C. The van der Waals surface area contributed by atoms with Crippen LogP contribution in [-0.2, 0) is 0 Å². The zero-order chi connectivity index (χ0) is 13.4. The molecule has 0 aliphatic carbocycles. The average molecular weight is 246 g/mol. The van der Waals surface area contributed by atoms with Crippen molar-refractivity contribution in [2.45, 2.75) is 13.8 Å². The highest BCUT2D eigenvalue weighted by atomic mass is 15.0. The highest BCUT2D eigenvalue weighted by molar-refractivity contribution is 5.83. The fraction of sp³-hybridized carbons (Fsp3) is 0.118. The van der Waals surface area contributed by atoms with Gasteiger partial charge in [0.25, 0.3) is 0 Å². The first-order chi connectivity index (χ1) is 9.20. The molecule has 0 fully saturated rings. The Morgan fingerprint density at radius 2 is 1.89 bits per heavy atom. The highest BCUT2D eigenvalue weighted by Crippen LogP contribution is 2.24. The summed E-state index contributed by atoms with van der Waals surface area (Å²) >= 11 is 0. The van der Waals surface area contributed by atoms with Gasteiger partial charge in [0.1, 0.15) is 0 Å². The Morgan fingerprint density at radius 1 is 1.05 bits per heavy atom. The molecule has 0 spiro atoms. The number of aryl methyl sites for hydroxylation is 1. The van der Waals surface area contributed by atoms with Gasteiger partial charge in [0.2, 0.25) is 0 Å². The van der Waals surface area contributed by atoms with E-state index in [9.17, 15) is 0 Å². The summed E-state index contributed by atoms with van der Waals surface area (Å²) in [6, 6.07) is 16.4. The van der Waals surface area contributed by atoms with Crippen molar-refractivity contribution in [1.82, 2.24) is 4.57 Å². The van der Waals surface area contributed by atoms with Crippen LogP contribution in [0.1, 0.15) is 16.7 Å². The summed E-state index contributed by atoms with van der Waals surface area (Å²) in [5.74, 6) is 0. The second kappa shape index (κ2) is 4.29. The summed E-state index contributed by atoms with van der Waals surface area (Å²) in [4.78, 5) is 0. The molecular formula is C17H14N2. The Kier molecular flexibility index (Phi) is 2.61. The molecule has 0 N–H and O–H groups in total. The zero-order valence-electron chi connectivity index (χ0n) is 11.0. The zero-order valence-corrected chi connectivity index (χ0v) is 11.0. The summed E-state index contributed by atoms with van der Waals surface area (Å²) < 4.78 is 2.18. The van der Waals surface area contributed by atoms with E-state index in [-0.39, 0.29) is 0 Å². The van der Waals surface area contributed by atoms with E-state index in [2.05, 4.69) is 54.9 Å². The van der Waals surface area contributed by atoms with Gasteiger partial charge in [0.05, 0.1) is 17.1 Å². The summed E-state index contributed by atoms with van der Waals surface area (Å²) in [6.45, 7) is 4.26. The lowest BCUT2D eigenvalue weighted by Crippen LogP contribution is -1.96. The summed E-state index contributed by atoms with van der Waals surface area (Å²) in [6.07, 6.45) is 2.06. The third-order valence-electron chi connectivity index (χ3n) is 3.65. The molecule has 2 aromatic carbocycles. The van der Waals surface area contributed by atoms with Crippen LogP contribution in [0.4, 0.5) is 0 Å². The van der Waals surface area contributed by atoms with Crippen molar-refractivity contribution in [3.05, 3.63) is 65.4 Å². The van der Waals surface area contributed by atoms with Gasteiger partial charge in [-0.1, -0.05) is 12.1 Å². The van der Waals surface area contributed by atoms with Crippen molar-refractivity contribution in [1.29, 1.82) is 5.26 Å². The van der Waals surface area contributed by atoms with Gasteiger partial charge in [-0.25, -0.2) is 0 Å². The van der Waals surface area contributed by atoms with Gasteiger partial charge >= 0.3 is 0 Å². The van der Waals surface area contributed by atoms with Gasteiger partial charge in [0.15, 0.2) is 0 Å². The molecule has 0 saturated carbocycles. The molecule has 0 radical (unpaired) electrons. The van der Waals surface area contributed by atoms with Crippen molar-refractivity contribution in [2.24, 2.45) is 0 Å². The average Bonchev–Trinajstić information content (AvgIpc) is 2.84. The number of hydrogen-bond donors (Lipinski definition) is 0. The predicted octanol–water partition coefficient (Wildman–Crippen LogP) is 4.12. The molecule has 92 valence electrons. The molecule has 0 aliphatic heterocycles. The molecular weight excluding hydrogens is 232 g/mol.